The number of carbonyl (C=O) groups is 1. The molecule has 0 fully saturated rings. The van der Waals surface area contributed by atoms with E-state index in [9.17, 15) is 4.79 Å². The highest BCUT2D eigenvalue weighted by atomic mass is 32.1. The van der Waals surface area contributed by atoms with Crippen LogP contribution in [-0.4, -0.2) is 77.1 Å². The maximum Gasteiger partial charge on any atom is 0.276 e. The van der Waals surface area contributed by atoms with Gasteiger partial charge in [0.05, 0.1) is 39.6 Å². The van der Waals surface area contributed by atoms with E-state index in [1.54, 1.807) is 0 Å². The summed E-state index contributed by atoms with van der Waals surface area (Å²) >= 11 is 3.58. The molecule has 0 radical (unpaired) electrons. The molecule has 0 aliphatic rings. The van der Waals surface area contributed by atoms with Crippen molar-refractivity contribution >= 4 is 17.9 Å². The van der Waals surface area contributed by atoms with Gasteiger partial charge in [-0.1, -0.05) is 26.5 Å². The Balaban J connectivity index is 2.98. The number of thiol groups is 1. The molecule has 0 rings (SSSR count). The highest BCUT2D eigenvalue weighted by Gasteiger charge is 1.94. The molecule has 0 heterocycles. The van der Waals surface area contributed by atoms with Crippen LogP contribution >= 0.6 is 12.6 Å². The van der Waals surface area contributed by atoms with Gasteiger partial charge in [-0.25, -0.2) is 0 Å². The molecular formula is C14H31N3O4S. The summed E-state index contributed by atoms with van der Waals surface area (Å²) in [6.45, 7) is 10.8. The first-order valence-electron chi connectivity index (χ1n) is 7.77. The minimum absolute atomic E-state index is 0.334. The van der Waals surface area contributed by atoms with Crippen LogP contribution in [0.1, 0.15) is 13.8 Å². The standard InChI is InChI=1S/C14H31N3O4S/c1-13(2)16-5-9-21-12-11-20-8-4-15-3-7-19-10-6-17-14(18)22/h13,15-16H,3-12H2,1-2H3,(H2,17,18,22). The molecule has 0 aromatic heterocycles. The zero-order valence-electron chi connectivity index (χ0n) is 13.7. The zero-order chi connectivity index (χ0) is 16.5. The molecule has 1 amide bonds. The fourth-order valence-corrected chi connectivity index (χ4v) is 1.60. The Labute approximate surface area is 139 Å². The van der Waals surface area contributed by atoms with Crippen molar-refractivity contribution in [1.29, 1.82) is 0 Å². The third kappa shape index (κ3) is 19.6. The van der Waals surface area contributed by atoms with Gasteiger partial charge in [-0.2, -0.15) is 0 Å². The summed E-state index contributed by atoms with van der Waals surface area (Å²) in [4.78, 5) is 10.5. The van der Waals surface area contributed by atoms with E-state index in [0.717, 1.165) is 19.6 Å². The fourth-order valence-electron chi connectivity index (χ4n) is 1.49. The summed E-state index contributed by atoms with van der Waals surface area (Å²) in [7, 11) is 0. The summed E-state index contributed by atoms with van der Waals surface area (Å²) in [5.74, 6) is 0. The molecule has 0 bridgehead atoms. The Morgan fingerprint density at radius 2 is 1.36 bits per heavy atom. The van der Waals surface area contributed by atoms with Crippen molar-refractivity contribution in [1.82, 2.24) is 16.0 Å². The van der Waals surface area contributed by atoms with Gasteiger partial charge in [0.1, 0.15) is 0 Å². The van der Waals surface area contributed by atoms with Crippen LogP contribution in [0.5, 0.6) is 0 Å². The summed E-state index contributed by atoms with van der Waals surface area (Å²) in [6, 6.07) is 0.497. The monoisotopic (exact) mass is 337 g/mol. The quantitative estimate of drug-likeness (QED) is 0.239. The maximum absolute atomic E-state index is 10.5. The molecule has 0 aromatic carbocycles. The third-order valence-corrected chi connectivity index (χ3v) is 2.70. The lowest BCUT2D eigenvalue weighted by Gasteiger charge is -2.09. The SMILES string of the molecule is CC(C)NCCOCCOCCNCCOCCNC(=O)S. The van der Waals surface area contributed by atoms with Crippen LogP contribution in [0.2, 0.25) is 0 Å². The average Bonchev–Trinajstić information content (AvgIpc) is 2.46. The van der Waals surface area contributed by atoms with Gasteiger partial charge in [-0.05, 0) is 0 Å². The number of amides is 1. The van der Waals surface area contributed by atoms with Crippen molar-refractivity contribution < 1.29 is 19.0 Å². The van der Waals surface area contributed by atoms with Crippen LogP contribution in [0.3, 0.4) is 0 Å². The van der Waals surface area contributed by atoms with Gasteiger partial charge in [-0.15, -0.1) is 0 Å². The minimum atomic E-state index is -0.334. The second kappa shape index (κ2) is 17.0. The van der Waals surface area contributed by atoms with Crippen molar-refractivity contribution in [2.45, 2.75) is 19.9 Å². The Bertz CT molecular complexity index is 258. The first-order valence-corrected chi connectivity index (χ1v) is 8.21. The maximum atomic E-state index is 10.5. The van der Waals surface area contributed by atoms with E-state index in [1.807, 2.05) is 0 Å². The van der Waals surface area contributed by atoms with Crippen molar-refractivity contribution in [2.24, 2.45) is 0 Å². The molecule has 0 unspecified atom stereocenters. The first kappa shape index (κ1) is 21.6. The van der Waals surface area contributed by atoms with Crippen LogP contribution in [0.4, 0.5) is 4.79 Å². The lowest BCUT2D eigenvalue weighted by molar-refractivity contribution is 0.0488. The fraction of sp³-hybridized carbons (Fsp3) is 0.929. The van der Waals surface area contributed by atoms with Crippen LogP contribution in [0, 0.1) is 0 Å². The Hall–Kier alpha value is -0.380. The van der Waals surface area contributed by atoms with Gasteiger partial charge in [0.25, 0.3) is 5.24 Å². The van der Waals surface area contributed by atoms with E-state index in [0.29, 0.717) is 52.2 Å². The molecule has 22 heavy (non-hydrogen) atoms. The Kier molecular flexibility index (Phi) is 16.7. The number of carbonyl (C=O) groups excluding carboxylic acids is 1. The van der Waals surface area contributed by atoms with Gasteiger partial charge < -0.3 is 30.2 Å². The molecule has 3 N–H and O–H groups in total. The van der Waals surface area contributed by atoms with Crippen LogP contribution < -0.4 is 16.0 Å². The van der Waals surface area contributed by atoms with Crippen molar-refractivity contribution in [3.63, 3.8) is 0 Å². The Morgan fingerprint density at radius 3 is 1.91 bits per heavy atom. The first-order chi connectivity index (χ1) is 10.6. The number of ether oxygens (including phenoxy) is 3. The second-order valence-corrected chi connectivity index (χ2v) is 5.33. The molecule has 132 valence electrons. The normalized spacial score (nSPS) is 11.1. The van der Waals surface area contributed by atoms with Gasteiger partial charge in [0.2, 0.25) is 0 Å². The van der Waals surface area contributed by atoms with E-state index in [2.05, 4.69) is 42.4 Å². The summed E-state index contributed by atoms with van der Waals surface area (Å²) < 4.78 is 16.2. The average molecular weight is 337 g/mol. The highest BCUT2D eigenvalue weighted by Crippen LogP contribution is 1.80. The van der Waals surface area contributed by atoms with Gasteiger partial charge in [0.15, 0.2) is 0 Å². The molecule has 8 heteroatoms. The van der Waals surface area contributed by atoms with E-state index in [4.69, 9.17) is 14.2 Å². The van der Waals surface area contributed by atoms with Crippen LogP contribution in [0.15, 0.2) is 0 Å². The van der Waals surface area contributed by atoms with Crippen molar-refractivity contribution in [2.75, 3.05) is 65.8 Å². The molecule has 0 saturated carbocycles. The van der Waals surface area contributed by atoms with Gasteiger partial charge in [-0.3, -0.25) is 4.79 Å². The smallest absolute Gasteiger partial charge is 0.276 e. The highest BCUT2D eigenvalue weighted by molar-refractivity contribution is 7.96. The lowest BCUT2D eigenvalue weighted by Crippen LogP contribution is -2.28. The summed E-state index contributed by atoms with van der Waals surface area (Å²) in [6.07, 6.45) is 0. The number of hydrogen-bond donors (Lipinski definition) is 4. The number of rotatable bonds is 16. The second-order valence-electron chi connectivity index (χ2n) is 4.93. The number of hydrogen-bond acceptors (Lipinski definition) is 6. The topological polar surface area (TPSA) is 80.8 Å². The lowest BCUT2D eigenvalue weighted by atomic mass is 10.4. The predicted octanol–water partition coefficient (Wildman–Crippen LogP) is 0.263. The summed E-state index contributed by atoms with van der Waals surface area (Å²) in [5, 5.41) is 8.69. The van der Waals surface area contributed by atoms with Crippen molar-refractivity contribution in [3.8, 4) is 0 Å². The zero-order valence-corrected chi connectivity index (χ0v) is 14.6. The van der Waals surface area contributed by atoms with E-state index < -0.39 is 0 Å². The predicted molar refractivity (Wildman–Crippen MR) is 90.9 cm³/mol. The summed E-state index contributed by atoms with van der Waals surface area (Å²) in [5.41, 5.74) is 0. The van der Waals surface area contributed by atoms with E-state index in [-0.39, 0.29) is 5.24 Å². The van der Waals surface area contributed by atoms with Crippen LogP contribution in [0.25, 0.3) is 0 Å². The number of nitrogens with one attached hydrogen (secondary N) is 3. The molecule has 0 aliphatic carbocycles. The van der Waals surface area contributed by atoms with Crippen molar-refractivity contribution in [3.05, 3.63) is 0 Å². The molecule has 0 atom stereocenters. The van der Waals surface area contributed by atoms with E-state index in [1.165, 1.54) is 0 Å². The molecule has 0 aliphatic heterocycles. The van der Waals surface area contributed by atoms with Gasteiger partial charge in [0, 0.05) is 32.2 Å². The molecule has 7 nitrogen and oxygen atoms in total. The minimum Gasteiger partial charge on any atom is -0.378 e. The van der Waals surface area contributed by atoms with Gasteiger partial charge >= 0.3 is 0 Å². The molecule has 0 spiro atoms. The van der Waals surface area contributed by atoms with Crippen LogP contribution in [-0.2, 0) is 14.2 Å². The largest absolute Gasteiger partial charge is 0.378 e. The molecular weight excluding hydrogens is 306 g/mol. The Morgan fingerprint density at radius 1 is 0.864 bits per heavy atom. The van der Waals surface area contributed by atoms with E-state index >= 15 is 0 Å². The third-order valence-electron chi connectivity index (χ3n) is 2.54. The molecule has 0 saturated heterocycles. The molecule has 0 aromatic rings.